The highest BCUT2D eigenvalue weighted by Crippen LogP contribution is 2.21. The van der Waals surface area contributed by atoms with Gasteiger partial charge in [-0.15, -0.1) is 0 Å². The Balaban J connectivity index is 0.000000311. The van der Waals surface area contributed by atoms with Crippen LogP contribution in [0, 0.1) is 0 Å². The van der Waals surface area contributed by atoms with Crippen LogP contribution in [-0.4, -0.2) is 98.9 Å². The summed E-state index contributed by atoms with van der Waals surface area (Å²) in [5.41, 5.74) is 0. The molecule has 0 saturated heterocycles. The maximum atomic E-state index is 10.9. The van der Waals surface area contributed by atoms with Crippen LogP contribution in [0.5, 0.6) is 0 Å². The molecule has 4 unspecified atom stereocenters. The van der Waals surface area contributed by atoms with Crippen molar-refractivity contribution in [1.82, 2.24) is 10.6 Å². The predicted molar refractivity (Wildman–Crippen MR) is 111 cm³/mol. The van der Waals surface area contributed by atoms with Crippen molar-refractivity contribution >= 4 is 24.6 Å². The molecule has 0 radical (unpaired) electrons. The van der Waals surface area contributed by atoms with Crippen molar-refractivity contribution in [2.24, 2.45) is 0 Å². The molecule has 8 N–H and O–H groups in total. The number of ether oxygens (including phenoxy) is 2. The van der Waals surface area contributed by atoms with Crippen LogP contribution in [0.4, 0.5) is 0 Å². The Bertz CT molecular complexity index is 684. The summed E-state index contributed by atoms with van der Waals surface area (Å²) < 4.78 is 9.16. The number of rotatable bonds is 11. The fourth-order valence-electron chi connectivity index (χ4n) is 2.55. The van der Waals surface area contributed by atoms with E-state index in [1.807, 2.05) is 6.92 Å². The molecule has 2 aliphatic heterocycles. The molecule has 178 valence electrons. The number of cyclic esters (lactones) is 2. The third-order valence-corrected chi connectivity index (χ3v) is 4.50. The highest BCUT2D eigenvalue weighted by atomic mass is 32.1. The van der Waals surface area contributed by atoms with Crippen LogP contribution in [-0.2, 0) is 19.1 Å². The van der Waals surface area contributed by atoms with E-state index in [9.17, 15) is 30.0 Å². The lowest BCUT2D eigenvalue weighted by atomic mass is 10.1. The molecule has 12 nitrogen and oxygen atoms in total. The first kappa shape index (κ1) is 26.8. The van der Waals surface area contributed by atoms with Crippen LogP contribution >= 0.6 is 12.6 Å². The topological polar surface area (TPSA) is 198 Å². The Kier molecular flexibility index (Phi) is 11.5. The number of hydrogen-bond acceptors (Lipinski definition) is 13. The molecule has 2 rings (SSSR count). The number of aliphatic hydroxyl groups excluding tert-OH is 6. The molecule has 0 bridgehead atoms. The zero-order chi connectivity index (χ0) is 23.6. The predicted octanol–water partition coefficient (Wildman–Crippen LogP) is -0.890. The van der Waals surface area contributed by atoms with Gasteiger partial charge in [-0.25, -0.2) is 9.59 Å². The number of thiol groups is 1. The number of nitrogens with one attached hydrogen (secondary N) is 2. The van der Waals surface area contributed by atoms with Crippen LogP contribution in [0.15, 0.2) is 23.0 Å². The zero-order valence-electron chi connectivity index (χ0n) is 17.0. The first-order chi connectivity index (χ1) is 14.6. The average molecular weight is 467 g/mol. The van der Waals surface area contributed by atoms with Gasteiger partial charge in [0.2, 0.25) is 11.5 Å². The molecule has 0 fully saturated rings. The van der Waals surface area contributed by atoms with E-state index in [4.69, 9.17) is 10.2 Å². The summed E-state index contributed by atoms with van der Waals surface area (Å²) in [6.45, 7) is 3.69. The minimum atomic E-state index is -1.19. The summed E-state index contributed by atoms with van der Waals surface area (Å²) in [4.78, 5) is 21.6. The van der Waals surface area contributed by atoms with Gasteiger partial charge in [0.15, 0.2) is 23.7 Å². The van der Waals surface area contributed by atoms with Gasteiger partial charge < -0.3 is 50.7 Å². The Hall–Kier alpha value is -2.19. The molecule has 0 aromatic carbocycles. The SMILES string of the molecule is CCCCNCC(O)C1OC(=O)C(O)=C1O.O=C1OC(C(O)CNCCS)C(O)=C1O. The van der Waals surface area contributed by atoms with Crippen molar-refractivity contribution < 1.29 is 49.7 Å². The van der Waals surface area contributed by atoms with E-state index >= 15 is 0 Å². The van der Waals surface area contributed by atoms with Crippen molar-refractivity contribution in [1.29, 1.82) is 0 Å². The number of carbonyl (C=O) groups excluding carboxylic acids is 2. The molecule has 0 amide bonds. The molecule has 2 heterocycles. The molecule has 0 aliphatic carbocycles. The van der Waals surface area contributed by atoms with E-state index in [0.29, 0.717) is 12.3 Å². The normalized spacial score (nSPS) is 22.7. The summed E-state index contributed by atoms with van der Waals surface area (Å²) in [7, 11) is 0. The Labute approximate surface area is 184 Å². The first-order valence-electron chi connectivity index (χ1n) is 9.70. The number of aliphatic hydroxyl groups is 6. The largest absolute Gasteiger partial charge is 0.505 e. The van der Waals surface area contributed by atoms with Crippen LogP contribution in [0.3, 0.4) is 0 Å². The highest BCUT2D eigenvalue weighted by Gasteiger charge is 2.39. The molecule has 31 heavy (non-hydrogen) atoms. The average Bonchev–Trinajstić information content (AvgIpc) is 3.16. The number of hydrogen-bond donors (Lipinski definition) is 9. The second-order valence-electron chi connectivity index (χ2n) is 6.74. The fourth-order valence-corrected chi connectivity index (χ4v) is 2.71. The monoisotopic (exact) mass is 466 g/mol. The lowest BCUT2D eigenvalue weighted by Gasteiger charge is -2.17. The molecule has 13 heteroatoms. The van der Waals surface area contributed by atoms with E-state index < -0.39 is 59.4 Å². The molecular formula is C18H30N2O10S. The van der Waals surface area contributed by atoms with Gasteiger partial charge in [0.1, 0.15) is 12.2 Å². The third-order valence-electron chi connectivity index (χ3n) is 4.28. The van der Waals surface area contributed by atoms with Crippen LogP contribution in [0.2, 0.25) is 0 Å². The van der Waals surface area contributed by atoms with E-state index in [-0.39, 0.29) is 13.1 Å². The van der Waals surface area contributed by atoms with Crippen LogP contribution < -0.4 is 10.6 Å². The van der Waals surface area contributed by atoms with E-state index in [1.54, 1.807) is 0 Å². The zero-order valence-corrected chi connectivity index (χ0v) is 17.9. The van der Waals surface area contributed by atoms with E-state index in [0.717, 1.165) is 19.4 Å². The van der Waals surface area contributed by atoms with Crippen molar-refractivity contribution in [3.63, 3.8) is 0 Å². The van der Waals surface area contributed by atoms with Gasteiger partial charge in [-0.1, -0.05) is 13.3 Å². The number of unbranched alkanes of at least 4 members (excludes halogenated alkanes) is 1. The van der Waals surface area contributed by atoms with Gasteiger partial charge in [-0.05, 0) is 13.0 Å². The van der Waals surface area contributed by atoms with Gasteiger partial charge in [0.25, 0.3) is 0 Å². The Morgan fingerprint density at radius 1 is 0.871 bits per heavy atom. The van der Waals surface area contributed by atoms with Crippen LogP contribution in [0.1, 0.15) is 19.8 Å². The Morgan fingerprint density at radius 3 is 1.61 bits per heavy atom. The molecule has 4 atom stereocenters. The smallest absolute Gasteiger partial charge is 0.377 e. The maximum Gasteiger partial charge on any atom is 0.377 e. The van der Waals surface area contributed by atoms with Gasteiger partial charge in [-0.3, -0.25) is 0 Å². The summed E-state index contributed by atoms with van der Waals surface area (Å²) >= 11 is 3.95. The van der Waals surface area contributed by atoms with E-state index in [2.05, 4.69) is 32.7 Å². The van der Waals surface area contributed by atoms with Crippen molar-refractivity contribution in [2.45, 2.75) is 44.2 Å². The standard InChI is InChI=1S/C10H17NO5.C8H13NO5S/c1-2-3-4-11-5-6(12)9-7(13)8(14)10(15)16-9;10-4(3-9-1-2-15)7-5(11)6(12)8(13)14-7/h6,9,11-14H,2-5H2,1H3;4,7,9-12,15H,1-3H2. The second kappa shape index (κ2) is 13.3. The highest BCUT2D eigenvalue weighted by molar-refractivity contribution is 7.80. The summed E-state index contributed by atoms with van der Waals surface area (Å²) in [5.74, 6) is -4.31. The van der Waals surface area contributed by atoms with Gasteiger partial charge in [-0.2, -0.15) is 12.6 Å². The number of carbonyl (C=O) groups is 2. The summed E-state index contributed by atoms with van der Waals surface area (Å²) in [6.07, 6.45) is -2.51. The Morgan fingerprint density at radius 2 is 1.29 bits per heavy atom. The van der Waals surface area contributed by atoms with Crippen molar-refractivity contribution in [2.75, 3.05) is 31.9 Å². The van der Waals surface area contributed by atoms with Crippen molar-refractivity contribution in [3.05, 3.63) is 23.0 Å². The molecule has 2 aliphatic rings. The summed E-state index contributed by atoms with van der Waals surface area (Å²) in [5, 5.41) is 61.4. The molecule has 0 aromatic heterocycles. The quantitative estimate of drug-likeness (QED) is 0.104. The van der Waals surface area contributed by atoms with Gasteiger partial charge in [0, 0.05) is 25.4 Å². The first-order valence-corrected chi connectivity index (χ1v) is 10.3. The van der Waals surface area contributed by atoms with Gasteiger partial charge in [0.05, 0.1) is 0 Å². The molecular weight excluding hydrogens is 436 g/mol. The number of esters is 2. The van der Waals surface area contributed by atoms with Crippen molar-refractivity contribution in [3.8, 4) is 0 Å². The fraction of sp³-hybridized carbons (Fsp3) is 0.667. The second-order valence-corrected chi connectivity index (χ2v) is 7.19. The lowest BCUT2D eigenvalue weighted by Crippen LogP contribution is -2.38. The lowest BCUT2D eigenvalue weighted by molar-refractivity contribution is -0.147. The molecule has 0 spiro atoms. The maximum absolute atomic E-state index is 10.9. The molecule has 0 saturated carbocycles. The third kappa shape index (κ3) is 7.78. The summed E-state index contributed by atoms with van der Waals surface area (Å²) in [6, 6.07) is 0. The molecule has 0 aromatic rings. The minimum Gasteiger partial charge on any atom is -0.505 e. The van der Waals surface area contributed by atoms with E-state index in [1.165, 1.54) is 0 Å². The minimum absolute atomic E-state index is 0.135. The van der Waals surface area contributed by atoms with Gasteiger partial charge >= 0.3 is 11.9 Å². The van der Waals surface area contributed by atoms with Crippen LogP contribution in [0.25, 0.3) is 0 Å².